The molecule has 0 bridgehead atoms. The lowest BCUT2D eigenvalue weighted by Crippen LogP contribution is -2.19. The van der Waals surface area contributed by atoms with Crippen molar-refractivity contribution in [3.05, 3.63) is 40.8 Å². The Bertz CT molecular complexity index is 416. The van der Waals surface area contributed by atoms with Crippen LogP contribution < -0.4 is 4.74 Å². The Balaban J connectivity index is 2.19. The van der Waals surface area contributed by atoms with Gasteiger partial charge in [0, 0.05) is 11.3 Å². The quantitative estimate of drug-likeness (QED) is 0.322. The van der Waals surface area contributed by atoms with E-state index < -0.39 is 5.97 Å². The largest absolute Gasteiger partial charge is 0.493 e. The van der Waals surface area contributed by atoms with E-state index in [4.69, 9.17) is 15.0 Å². The van der Waals surface area contributed by atoms with Crippen molar-refractivity contribution in [3.8, 4) is 5.75 Å². The van der Waals surface area contributed by atoms with E-state index >= 15 is 0 Å². The minimum Gasteiger partial charge on any atom is -0.493 e. The lowest BCUT2D eigenvalue weighted by atomic mass is 10.3. The van der Waals surface area contributed by atoms with Crippen LogP contribution in [0.15, 0.2) is 35.4 Å². The molecule has 0 heterocycles. The van der Waals surface area contributed by atoms with Crippen molar-refractivity contribution >= 4 is 5.97 Å². The van der Waals surface area contributed by atoms with Crippen LogP contribution in [0.3, 0.4) is 0 Å². The van der Waals surface area contributed by atoms with Gasteiger partial charge in [0.05, 0.1) is 6.61 Å². The zero-order chi connectivity index (χ0) is 13.2. The van der Waals surface area contributed by atoms with Gasteiger partial charge in [-0.2, -0.15) is 0 Å². The van der Waals surface area contributed by atoms with Gasteiger partial charge in [0.15, 0.2) is 0 Å². The summed E-state index contributed by atoms with van der Waals surface area (Å²) in [6, 6.07) is 9.40. The zero-order valence-corrected chi connectivity index (χ0v) is 10.2. The third-order valence-electron chi connectivity index (χ3n) is 2.13. The second-order valence-electron chi connectivity index (χ2n) is 3.64. The fourth-order valence-corrected chi connectivity index (χ4v) is 1.27. The van der Waals surface area contributed by atoms with E-state index in [-0.39, 0.29) is 12.6 Å². The van der Waals surface area contributed by atoms with E-state index in [0.29, 0.717) is 13.0 Å². The van der Waals surface area contributed by atoms with Gasteiger partial charge in [0.25, 0.3) is 0 Å². The summed E-state index contributed by atoms with van der Waals surface area (Å²) in [7, 11) is 0. The number of carbonyl (C=O) groups excluding carboxylic acids is 1. The second kappa shape index (κ2) is 7.97. The average molecular weight is 249 g/mol. The SMILES string of the molecule is C[C@H](CCOc1ccccc1)OC(=O)CN=[N+]=[N-]. The fraction of sp³-hybridized carbons (Fsp3) is 0.417. The predicted molar refractivity (Wildman–Crippen MR) is 66.1 cm³/mol. The smallest absolute Gasteiger partial charge is 0.311 e. The van der Waals surface area contributed by atoms with Crippen molar-refractivity contribution < 1.29 is 14.3 Å². The third kappa shape index (κ3) is 5.77. The number of hydrogen-bond donors (Lipinski definition) is 0. The average Bonchev–Trinajstić information content (AvgIpc) is 2.37. The van der Waals surface area contributed by atoms with E-state index in [2.05, 4.69) is 10.0 Å². The first kappa shape index (κ1) is 13.9. The molecule has 1 atom stereocenters. The number of rotatable bonds is 7. The summed E-state index contributed by atoms with van der Waals surface area (Å²) >= 11 is 0. The summed E-state index contributed by atoms with van der Waals surface area (Å²) in [6.07, 6.45) is 0.312. The van der Waals surface area contributed by atoms with Gasteiger partial charge in [-0.05, 0) is 24.6 Å². The number of azide groups is 1. The number of carbonyl (C=O) groups is 1. The molecule has 18 heavy (non-hydrogen) atoms. The van der Waals surface area contributed by atoms with Gasteiger partial charge in [-0.1, -0.05) is 23.3 Å². The molecule has 0 fully saturated rings. The highest BCUT2D eigenvalue weighted by Crippen LogP contribution is 2.09. The summed E-state index contributed by atoms with van der Waals surface area (Å²) < 4.78 is 10.5. The molecule has 0 aliphatic carbocycles. The van der Waals surface area contributed by atoms with Gasteiger partial charge in [0.1, 0.15) is 18.4 Å². The standard InChI is InChI=1S/C12H15N3O3/c1-10(18-12(16)9-14-15-13)7-8-17-11-5-3-2-4-6-11/h2-6,10H,7-9H2,1H3/t10-/m1/s1. The Labute approximate surface area is 105 Å². The van der Waals surface area contributed by atoms with Gasteiger partial charge < -0.3 is 9.47 Å². The number of benzene rings is 1. The molecule has 1 aromatic rings. The molecule has 0 N–H and O–H groups in total. The zero-order valence-electron chi connectivity index (χ0n) is 10.2. The summed E-state index contributed by atoms with van der Waals surface area (Å²) in [5, 5.41) is 3.13. The molecule has 0 saturated heterocycles. The minimum atomic E-state index is -0.528. The fourth-order valence-electron chi connectivity index (χ4n) is 1.27. The van der Waals surface area contributed by atoms with Crippen LogP contribution in [-0.2, 0) is 9.53 Å². The molecule has 0 saturated carbocycles. The highest BCUT2D eigenvalue weighted by molar-refractivity contribution is 5.71. The molecular weight excluding hydrogens is 234 g/mol. The molecule has 0 radical (unpaired) electrons. The normalized spacial score (nSPS) is 11.2. The Morgan fingerprint density at radius 1 is 1.44 bits per heavy atom. The van der Waals surface area contributed by atoms with Crippen LogP contribution in [0.1, 0.15) is 13.3 Å². The first-order valence-corrected chi connectivity index (χ1v) is 5.60. The predicted octanol–water partition coefficient (Wildman–Crippen LogP) is 2.70. The van der Waals surface area contributed by atoms with Crippen molar-refractivity contribution in [2.75, 3.05) is 13.2 Å². The highest BCUT2D eigenvalue weighted by Gasteiger charge is 2.08. The molecule has 6 heteroatoms. The molecule has 1 aromatic carbocycles. The van der Waals surface area contributed by atoms with Crippen molar-refractivity contribution in [1.29, 1.82) is 0 Å². The van der Waals surface area contributed by atoms with E-state index in [1.807, 2.05) is 30.3 Å². The van der Waals surface area contributed by atoms with Gasteiger partial charge in [0.2, 0.25) is 0 Å². The molecule has 0 aliphatic rings. The molecule has 0 amide bonds. The maximum Gasteiger partial charge on any atom is 0.311 e. The number of hydrogen-bond acceptors (Lipinski definition) is 4. The molecule has 0 aromatic heterocycles. The van der Waals surface area contributed by atoms with Crippen LogP contribution in [0.4, 0.5) is 0 Å². The maximum atomic E-state index is 11.1. The van der Waals surface area contributed by atoms with E-state index in [0.717, 1.165) is 5.75 Å². The molecule has 6 nitrogen and oxygen atoms in total. The highest BCUT2D eigenvalue weighted by atomic mass is 16.5. The topological polar surface area (TPSA) is 84.3 Å². The van der Waals surface area contributed by atoms with Gasteiger partial charge in [-0.15, -0.1) is 0 Å². The molecule has 96 valence electrons. The lowest BCUT2D eigenvalue weighted by molar-refractivity contribution is -0.146. The number of esters is 1. The number of ether oxygens (including phenoxy) is 2. The first-order chi connectivity index (χ1) is 8.72. The third-order valence-corrected chi connectivity index (χ3v) is 2.13. The van der Waals surface area contributed by atoms with E-state index in [1.165, 1.54) is 0 Å². The second-order valence-corrected chi connectivity index (χ2v) is 3.64. The van der Waals surface area contributed by atoms with Crippen LogP contribution in [-0.4, -0.2) is 25.2 Å². The first-order valence-electron chi connectivity index (χ1n) is 5.60. The van der Waals surface area contributed by atoms with Crippen molar-refractivity contribution in [1.82, 2.24) is 0 Å². The minimum absolute atomic E-state index is 0.268. The molecular formula is C12H15N3O3. The van der Waals surface area contributed by atoms with Crippen LogP contribution >= 0.6 is 0 Å². The molecule has 0 aliphatic heterocycles. The van der Waals surface area contributed by atoms with Gasteiger partial charge in [-0.25, -0.2) is 0 Å². The Hall–Kier alpha value is -2.20. The number of para-hydroxylation sites is 1. The van der Waals surface area contributed by atoms with Crippen LogP contribution in [0.25, 0.3) is 10.4 Å². The van der Waals surface area contributed by atoms with Crippen molar-refractivity contribution in [2.45, 2.75) is 19.4 Å². The van der Waals surface area contributed by atoms with Gasteiger partial charge in [-0.3, -0.25) is 4.79 Å². The monoisotopic (exact) mass is 249 g/mol. The molecule has 1 rings (SSSR count). The molecule has 0 unspecified atom stereocenters. The number of nitrogens with zero attached hydrogens (tertiary/aromatic N) is 3. The summed E-state index contributed by atoms with van der Waals surface area (Å²) in [5.74, 6) is 0.255. The van der Waals surface area contributed by atoms with Crippen LogP contribution in [0.2, 0.25) is 0 Å². The van der Waals surface area contributed by atoms with Crippen LogP contribution in [0.5, 0.6) is 5.75 Å². The Morgan fingerprint density at radius 3 is 2.83 bits per heavy atom. The summed E-state index contributed by atoms with van der Waals surface area (Å²) in [5.41, 5.74) is 8.05. The Morgan fingerprint density at radius 2 is 2.17 bits per heavy atom. The molecule has 0 spiro atoms. The van der Waals surface area contributed by atoms with Gasteiger partial charge >= 0.3 is 5.97 Å². The summed E-state index contributed by atoms with van der Waals surface area (Å²) in [4.78, 5) is 13.6. The van der Waals surface area contributed by atoms with Crippen molar-refractivity contribution in [3.63, 3.8) is 0 Å². The summed E-state index contributed by atoms with van der Waals surface area (Å²) in [6.45, 7) is 1.95. The Kier molecular flexibility index (Phi) is 6.14. The lowest BCUT2D eigenvalue weighted by Gasteiger charge is -2.13. The van der Waals surface area contributed by atoms with Crippen molar-refractivity contribution in [2.24, 2.45) is 5.11 Å². The van der Waals surface area contributed by atoms with E-state index in [9.17, 15) is 4.79 Å². The van der Waals surface area contributed by atoms with Crippen LogP contribution in [0, 0.1) is 0 Å². The maximum absolute atomic E-state index is 11.1. The van der Waals surface area contributed by atoms with E-state index in [1.54, 1.807) is 6.92 Å².